The van der Waals surface area contributed by atoms with Crippen molar-refractivity contribution in [2.45, 2.75) is 25.2 Å². The lowest BCUT2D eigenvalue weighted by atomic mass is 10.4. The zero-order valence-electron chi connectivity index (χ0n) is 8.93. The van der Waals surface area contributed by atoms with Gasteiger partial charge in [0.2, 0.25) is 6.69 Å². The van der Waals surface area contributed by atoms with Gasteiger partial charge in [-0.3, -0.25) is 0 Å². The average molecular weight is 298 g/mol. The first kappa shape index (κ1) is 13.6. The normalized spacial score (nSPS) is 16.1. The van der Waals surface area contributed by atoms with Gasteiger partial charge in [-0.1, -0.05) is 36.9 Å². The summed E-state index contributed by atoms with van der Waals surface area (Å²) in [5, 5.41) is 1.26. The highest BCUT2D eigenvalue weighted by atomic mass is 35.7. The molecular weight excluding hydrogens is 283 g/mol. The van der Waals surface area contributed by atoms with Gasteiger partial charge in [-0.05, 0) is 23.8 Å². The van der Waals surface area contributed by atoms with E-state index >= 15 is 0 Å². The molecular formula is C10H15Cl3Si2. The molecule has 1 atom stereocenters. The lowest BCUT2D eigenvalue weighted by molar-refractivity contribution is 1.36. The van der Waals surface area contributed by atoms with Gasteiger partial charge >= 0.3 is 0 Å². The molecule has 1 aromatic carbocycles. The smallest absolute Gasteiger partial charge is 0.161 e. The van der Waals surface area contributed by atoms with Gasteiger partial charge in [-0.15, -0.1) is 22.2 Å². The minimum atomic E-state index is -2.01. The van der Waals surface area contributed by atoms with Crippen LogP contribution in [0.5, 0.6) is 0 Å². The van der Waals surface area contributed by atoms with Crippen LogP contribution >= 0.6 is 33.2 Å². The first-order valence-corrected chi connectivity index (χ1v) is 13.4. The molecule has 5 heteroatoms. The standard InChI is InChI=1S/C10H15Cl3Si2/c1-14(11,8-9-15(2,12)13)10-6-4-3-5-7-10/h3-7H,8-9H2,1-2H3. The number of halogens is 3. The van der Waals surface area contributed by atoms with Crippen molar-refractivity contribution >= 4 is 52.5 Å². The molecule has 0 N–H and O–H groups in total. The third-order valence-electron chi connectivity index (χ3n) is 2.41. The lowest BCUT2D eigenvalue weighted by Gasteiger charge is -2.22. The molecule has 0 aliphatic heterocycles. The fourth-order valence-corrected chi connectivity index (χ4v) is 9.12. The molecule has 0 saturated heterocycles. The Bertz CT molecular complexity index is 306. The summed E-state index contributed by atoms with van der Waals surface area (Å²) in [7, 11) is -1.85. The van der Waals surface area contributed by atoms with E-state index in [-0.39, 0.29) is 0 Å². The Morgan fingerprint density at radius 3 is 1.93 bits per heavy atom. The van der Waals surface area contributed by atoms with Crippen molar-refractivity contribution in [1.29, 1.82) is 0 Å². The Morgan fingerprint density at radius 1 is 0.933 bits per heavy atom. The lowest BCUT2D eigenvalue weighted by Crippen LogP contribution is -2.39. The Morgan fingerprint density at radius 2 is 1.47 bits per heavy atom. The summed E-state index contributed by atoms with van der Waals surface area (Å²) in [4.78, 5) is 0. The van der Waals surface area contributed by atoms with Crippen LogP contribution in [0.2, 0.25) is 25.2 Å². The van der Waals surface area contributed by atoms with Crippen LogP contribution in [-0.2, 0) is 0 Å². The summed E-state index contributed by atoms with van der Waals surface area (Å²) in [6.45, 7) is 2.09. The number of hydrogen-bond acceptors (Lipinski definition) is 0. The van der Waals surface area contributed by atoms with Crippen LogP contribution in [0.1, 0.15) is 0 Å². The van der Waals surface area contributed by atoms with Crippen LogP contribution < -0.4 is 5.19 Å². The summed E-state index contributed by atoms with van der Waals surface area (Å²) in [6.07, 6.45) is 0. The van der Waals surface area contributed by atoms with E-state index in [0.717, 1.165) is 12.1 Å². The van der Waals surface area contributed by atoms with Crippen LogP contribution in [0.3, 0.4) is 0 Å². The van der Waals surface area contributed by atoms with Gasteiger partial charge in [0.25, 0.3) is 0 Å². The first-order chi connectivity index (χ1) is 6.81. The molecule has 0 aliphatic carbocycles. The summed E-state index contributed by atoms with van der Waals surface area (Å²) >= 11 is 18.8. The van der Waals surface area contributed by atoms with E-state index in [4.69, 9.17) is 33.2 Å². The van der Waals surface area contributed by atoms with Gasteiger partial charge in [-0.2, -0.15) is 11.1 Å². The zero-order chi connectivity index (χ0) is 11.5. The van der Waals surface area contributed by atoms with Crippen LogP contribution in [0.4, 0.5) is 0 Å². The van der Waals surface area contributed by atoms with Gasteiger partial charge in [0.1, 0.15) is 0 Å². The first-order valence-electron chi connectivity index (χ1n) is 4.93. The van der Waals surface area contributed by atoms with Gasteiger partial charge in [0.05, 0.1) is 0 Å². The van der Waals surface area contributed by atoms with Crippen molar-refractivity contribution in [3.8, 4) is 0 Å². The summed E-state index contributed by atoms with van der Waals surface area (Å²) < 4.78 is 0. The minimum absolute atomic E-state index is 0.872. The summed E-state index contributed by atoms with van der Waals surface area (Å²) in [6, 6.07) is 12.1. The fraction of sp³-hybridized carbons (Fsp3) is 0.400. The molecule has 0 aromatic heterocycles. The van der Waals surface area contributed by atoms with Gasteiger partial charge < -0.3 is 0 Å². The average Bonchev–Trinajstić information content (AvgIpc) is 2.16. The molecule has 0 spiro atoms. The molecule has 0 fully saturated rings. The number of hydrogen-bond donors (Lipinski definition) is 0. The molecule has 1 unspecified atom stereocenters. The maximum Gasteiger partial charge on any atom is 0.248 e. The second kappa shape index (κ2) is 5.24. The third kappa shape index (κ3) is 4.92. The molecule has 15 heavy (non-hydrogen) atoms. The maximum atomic E-state index is 6.61. The Balaban J connectivity index is 2.68. The van der Waals surface area contributed by atoms with E-state index < -0.39 is 14.1 Å². The molecule has 0 radical (unpaired) electrons. The Hall–Kier alpha value is 0.524. The highest BCUT2D eigenvalue weighted by molar-refractivity contribution is 7.45. The van der Waals surface area contributed by atoms with Crippen molar-refractivity contribution in [3.63, 3.8) is 0 Å². The molecule has 0 saturated carbocycles. The molecule has 0 aliphatic rings. The Labute approximate surface area is 108 Å². The van der Waals surface area contributed by atoms with Gasteiger partial charge in [0.15, 0.2) is 7.38 Å². The van der Waals surface area contributed by atoms with Crippen LogP contribution in [0.25, 0.3) is 0 Å². The largest absolute Gasteiger partial charge is 0.248 e. The summed E-state index contributed by atoms with van der Waals surface area (Å²) in [5.41, 5.74) is 0. The van der Waals surface area contributed by atoms with Crippen molar-refractivity contribution in [3.05, 3.63) is 30.3 Å². The van der Waals surface area contributed by atoms with Gasteiger partial charge in [0, 0.05) is 0 Å². The number of benzene rings is 1. The SMILES string of the molecule is C[Si](Cl)(Cl)CC[Si](C)(Cl)c1ccccc1. The highest BCUT2D eigenvalue weighted by Crippen LogP contribution is 2.27. The second-order valence-electron chi connectivity index (χ2n) is 4.13. The van der Waals surface area contributed by atoms with E-state index in [1.807, 2.05) is 24.7 Å². The topological polar surface area (TPSA) is 0 Å². The van der Waals surface area contributed by atoms with Crippen molar-refractivity contribution in [2.75, 3.05) is 0 Å². The van der Waals surface area contributed by atoms with E-state index in [9.17, 15) is 0 Å². The van der Waals surface area contributed by atoms with Crippen molar-refractivity contribution in [2.24, 2.45) is 0 Å². The van der Waals surface area contributed by atoms with Crippen LogP contribution in [0, 0.1) is 0 Å². The van der Waals surface area contributed by atoms with E-state index in [2.05, 4.69) is 18.7 Å². The quantitative estimate of drug-likeness (QED) is 0.575. The van der Waals surface area contributed by atoms with E-state index in [1.165, 1.54) is 5.19 Å². The van der Waals surface area contributed by atoms with Crippen molar-refractivity contribution in [1.82, 2.24) is 0 Å². The molecule has 1 aromatic rings. The minimum Gasteiger partial charge on any atom is -0.161 e. The second-order valence-corrected chi connectivity index (χ2v) is 18.3. The van der Waals surface area contributed by atoms with Gasteiger partial charge in [-0.25, -0.2) is 0 Å². The van der Waals surface area contributed by atoms with Crippen molar-refractivity contribution < 1.29 is 0 Å². The number of rotatable bonds is 4. The predicted octanol–water partition coefficient (Wildman–Crippen LogP) is 4.26. The third-order valence-corrected chi connectivity index (χ3v) is 9.12. The van der Waals surface area contributed by atoms with E-state index in [1.54, 1.807) is 0 Å². The molecule has 0 amide bonds. The molecule has 84 valence electrons. The van der Waals surface area contributed by atoms with Crippen LogP contribution in [0.15, 0.2) is 30.3 Å². The molecule has 0 heterocycles. The predicted molar refractivity (Wildman–Crippen MR) is 76.5 cm³/mol. The zero-order valence-corrected chi connectivity index (χ0v) is 13.2. The molecule has 0 bridgehead atoms. The fourth-order valence-electron chi connectivity index (χ4n) is 1.38. The van der Waals surface area contributed by atoms with Crippen LogP contribution in [-0.4, -0.2) is 14.1 Å². The molecule has 1 rings (SSSR count). The highest BCUT2D eigenvalue weighted by Gasteiger charge is 2.31. The van der Waals surface area contributed by atoms with E-state index in [0.29, 0.717) is 0 Å². The Kier molecular flexibility index (Phi) is 4.74. The monoisotopic (exact) mass is 296 g/mol. The summed E-state index contributed by atoms with van der Waals surface area (Å²) in [5.74, 6) is 0. The molecule has 0 nitrogen and oxygen atoms in total. The maximum absolute atomic E-state index is 6.61.